The third kappa shape index (κ3) is 9.43. The molecule has 0 aromatic heterocycles. The van der Waals surface area contributed by atoms with Gasteiger partial charge in [0.2, 0.25) is 0 Å². The second-order valence-electron chi connectivity index (χ2n) is 4.06. The molecule has 0 saturated heterocycles. The molecule has 4 heteroatoms. The van der Waals surface area contributed by atoms with Gasteiger partial charge in [-0.25, -0.2) is 4.79 Å². The molecule has 0 aliphatic heterocycles. The van der Waals surface area contributed by atoms with Gasteiger partial charge >= 0.3 is 11.9 Å². The third-order valence-electron chi connectivity index (χ3n) is 1.79. The predicted molar refractivity (Wildman–Crippen MR) is 64.0 cm³/mol. The van der Waals surface area contributed by atoms with Gasteiger partial charge in [0, 0.05) is 13.3 Å². The first-order valence-electron chi connectivity index (χ1n) is 5.76. The topological polar surface area (TPSA) is 52.6 Å². The summed E-state index contributed by atoms with van der Waals surface area (Å²) >= 11 is 0. The first-order chi connectivity index (χ1) is 7.95. The molecule has 0 amide bonds. The van der Waals surface area contributed by atoms with Crippen molar-refractivity contribution in [2.75, 3.05) is 6.61 Å². The number of hydrogen-bond donors (Lipinski definition) is 0. The van der Waals surface area contributed by atoms with Gasteiger partial charge in [-0.1, -0.05) is 32.6 Å². The second kappa shape index (κ2) is 8.63. The number of rotatable bonds is 5. The molecule has 0 rings (SSSR count). The molecular weight excluding hydrogens is 220 g/mol. The van der Waals surface area contributed by atoms with Crippen molar-refractivity contribution >= 4 is 11.9 Å². The summed E-state index contributed by atoms with van der Waals surface area (Å²) in [6.45, 7) is 6.88. The van der Waals surface area contributed by atoms with Gasteiger partial charge in [0.05, 0.1) is 0 Å². The minimum absolute atomic E-state index is 0.349. The van der Waals surface area contributed by atoms with Crippen LogP contribution in [-0.2, 0) is 19.1 Å². The fraction of sp³-hybridized carbons (Fsp3) is 0.692. The highest BCUT2D eigenvalue weighted by Gasteiger charge is 2.14. The molecule has 0 spiro atoms. The number of hydrogen-bond acceptors (Lipinski definition) is 4. The maximum absolute atomic E-state index is 11.3. The SMILES string of the molecule is CCC#CC(CC(C)C)OC(=O)COC(C)=O. The molecule has 0 radical (unpaired) electrons. The Bertz CT molecular complexity index is 309. The monoisotopic (exact) mass is 240 g/mol. The number of carbonyl (C=O) groups excluding carboxylic acids is 2. The van der Waals surface area contributed by atoms with Crippen molar-refractivity contribution in [3.8, 4) is 11.8 Å². The summed E-state index contributed by atoms with van der Waals surface area (Å²) in [5.41, 5.74) is 0. The summed E-state index contributed by atoms with van der Waals surface area (Å²) in [7, 11) is 0. The molecule has 0 aliphatic carbocycles. The lowest BCUT2D eigenvalue weighted by molar-refractivity contribution is -0.159. The van der Waals surface area contributed by atoms with Gasteiger partial charge in [-0.2, -0.15) is 0 Å². The molecule has 1 atom stereocenters. The predicted octanol–water partition coefficient (Wildman–Crippen LogP) is 1.92. The van der Waals surface area contributed by atoms with Crippen LogP contribution < -0.4 is 0 Å². The van der Waals surface area contributed by atoms with E-state index in [4.69, 9.17) is 4.74 Å². The zero-order valence-electron chi connectivity index (χ0n) is 10.9. The molecule has 0 N–H and O–H groups in total. The quantitative estimate of drug-likeness (QED) is 0.544. The average Bonchev–Trinajstić information content (AvgIpc) is 2.22. The summed E-state index contributed by atoms with van der Waals surface area (Å²) in [4.78, 5) is 21.9. The molecule has 1 unspecified atom stereocenters. The molecule has 0 aromatic carbocycles. The highest BCUT2D eigenvalue weighted by atomic mass is 16.6. The summed E-state index contributed by atoms with van der Waals surface area (Å²) < 4.78 is 9.68. The zero-order valence-corrected chi connectivity index (χ0v) is 10.9. The average molecular weight is 240 g/mol. The normalized spacial score (nSPS) is 11.4. The lowest BCUT2D eigenvalue weighted by Gasteiger charge is -2.14. The van der Waals surface area contributed by atoms with Crippen molar-refractivity contribution in [1.29, 1.82) is 0 Å². The van der Waals surface area contributed by atoms with Gasteiger partial charge in [0.1, 0.15) is 0 Å². The Kier molecular flexibility index (Phi) is 7.87. The fourth-order valence-corrected chi connectivity index (χ4v) is 1.13. The van der Waals surface area contributed by atoms with Crippen LogP contribution in [0.25, 0.3) is 0 Å². The summed E-state index contributed by atoms with van der Waals surface area (Å²) in [6, 6.07) is 0. The molecule has 96 valence electrons. The van der Waals surface area contributed by atoms with Crippen molar-refractivity contribution in [3.05, 3.63) is 0 Å². The van der Waals surface area contributed by atoms with Crippen LogP contribution in [0, 0.1) is 17.8 Å². The Balaban J connectivity index is 4.22. The van der Waals surface area contributed by atoms with E-state index in [1.54, 1.807) is 0 Å². The Morgan fingerprint density at radius 3 is 2.41 bits per heavy atom. The Morgan fingerprint density at radius 1 is 1.29 bits per heavy atom. The molecular formula is C13H20O4. The van der Waals surface area contributed by atoms with E-state index in [1.165, 1.54) is 6.92 Å². The Morgan fingerprint density at radius 2 is 1.94 bits per heavy atom. The summed E-state index contributed by atoms with van der Waals surface area (Å²) in [5.74, 6) is 5.10. The van der Waals surface area contributed by atoms with Crippen LogP contribution in [0.4, 0.5) is 0 Å². The maximum atomic E-state index is 11.3. The van der Waals surface area contributed by atoms with E-state index in [1.807, 2.05) is 20.8 Å². The van der Waals surface area contributed by atoms with Crippen molar-refractivity contribution in [1.82, 2.24) is 0 Å². The van der Waals surface area contributed by atoms with Gasteiger partial charge in [0.25, 0.3) is 0 Å². The van der Waals surface area contributed by atoms with Crippen molar-refractivity contribution < 1.29 is 19.1 Å². The van der Waals surface area contributed by atoms with E-state index < -0.39 is 18.0 Å². The van der Waals surface area contributed by atoms with Gasteiger partial charge in [-0.15, -0.1) is 0 Å². The maximum Gasteiger partial charge on any atom is 0.345 e. The number of esters is 2. The zero-order chi connectivity index (χ0) is 13.3. The van der Waals surface area contributed by atoms with Gasteiger partial charge in [0.15, 0.2) is 12.7 Å². The fourth-order valence-electron chi connectivity index (χ4n) is 1.13. The summed E-state index contributed by atoms with van der Waals surface area (Å²) in [5, 5.41) is 0. The molecule has 0 saturated carbocycles. The second-order valence-corrected chi connectivity index (χ2v) is 4.06. The van der Waals surface area contributed by atoms with E-state index in [0.717, 1.165) is 6.42 Å². The lowest BCUT2D eigenvalue weighted by Crippen LogP contribution is -2.22. The molecule has 0 heterocycles. The number of ether oxygens (including phenoxy) is 2. The van der Waals surface area contributed by atoms with Crippen LogP contribution in [0.3, 0.4) is 0 Å². The Labute approximate surface area is 103 Å². The molecule has 4 nitrogen and oxygen atoms in total. The summed E-state index contributed by atoms with van der Waals surface area (Å²) in [6.07, 6.45) is 0.979. The van der Waals surface area contributed by atoms with Crippen LogP contribution in [0.15, 0.2) is 0 Å². The van der Waals surface area contributed by atoms with E-state index in [-0.39, 0.29) is 6.61 Å². The standard InChI is InChI=1S/C13H20O4/c1-5-6-7-12(8-10(2)3)17-13(15)9-16-11(4)14/h10,12H,5,8-9H2,1-4H3. The highest BCUT2D eigenvalue weighted by Crippen LogP contribution is 2.08. The lowest BCUT2D eigenvalue weighted by atomic mass is 10.1. The van der Waals surface area contributed by atoms with E-state index in [9.17, 15) is 9.59 Å². The van der Waals surface area contributed by atoms with Crippen molar-refractivity contribution in [2.45, 2.75) is 46.6 Å². The van der Waals surface area contributed by atoms with Crippen LogP contribution in [0.2, 0.25) is 0 Å². The third-order valence-corrected chi connectivity index (χ3v) is 1.79. The first kappa shape index (κ1) is 15.5. The van der Waals surface area contributed by atoms with E-state index >= 15 is 0 Å². The molecule has 17 heavy (non-hydrogen) atoms. The minimum Gasteiger partial charge on any atom is -0.454 e. The van der Waals surface area contributed by atoms with Gasteiger partial charge in [-0.3, -0.25) is 4.79 Å². The molecule has 0 aromatic rings. The Hall–Kier alpha value is -1.50. The van der Waals surface area contributed by atoms with Crippen LogP contribution >= 0.6 is 0 Å². The first-order valence-corrected chi connectivity index (χ1v) is 5.76. The molecule has 0 bridgehead atoms. The van der Waals surface area contributed by atoms with E-state index in [0.29, 0.717) is 12.3 Å². The number of carbonyl (C=O) groups is 2. The van der Waals surface area contributed by atoms with Crippen LogP contribution in [-0.4, -0.2) is 24.6 Å². The molecule has 0 fully saturated rings. The van der Waals surface area contributed by atoms with Gasteiger partial charge < -0.3 is 9.47 Å². The molecule has 0 aliphatic rings. The largest absolute Gasteiger partial charge is 0.454 e. The van der Waals surface area contributed by atoms with E-state index in [2.05, 4.69) is 16.6 Å². The smallest absolute Gasteiger partial charge is 0.345 e. The van der Waals surface area contributed by atoms with Crippen LogP contribution in [0.5, 0.6) is 0 Å². The minimum atomic E-state index is -0.559. The van der Waals surface area contributed by atoms with Crippen molar-refractivity contribution in [3.63, 3.8) is 0 Å². The van der Waals surface area contributed by atoms with Gasteiger partial charge in [-0.05, 0) is 12.3 Å². The van der Waals surface area contributed by atoms with Crippen LogP contribution in [0.1, 0.15) is 40.5 Å². The van der Waals surface area contributed by atoms with Crippen molar-refractivity contribution in [2.24, 2.45) is 5.92 Å². The highest BCUT2D eigenvalue weighted by molar-refractivity contribution is 5.75.